The highest BCUT2D eigenvalue weighted by Crippen LogP contribution is 2.44. The van der Waals surface area contributed by atoms with Crippen LogP contribution in [-0.2, 0) is 18.3 Å². The van der Waals surface area contributed by atoms with Gasteiger partial charge in [-0.2, -0.15) is 10.2 Å². The zero-order valence-electron chi connectivity index (χ0n) is 21.8. The maximum absolute atomic E-state index is 12.6. The molecule has 2 aliphatic rings. The van der Waals surface area contributed by atoms with Crippen LogP contribution in [0.5, 0.6) is 0 Å². The predicted molar refractivity (Wildman–Crippen MR) is 144 cm³/mol. The lowest BCUT2D eigenvalue weighted by atomic mass is 9.97. The first-order chi connectivity index (χ1) is 18.9. The van der Waals surface area contributed by atoms with Crippen molar-refractivity contribution in [3.05, 3.63) is 59.8 Å². The highest BCUT2D eigenvalue weighted by Gasteiger charge is 2.30. The standard InChI is InChI=1S/C26H28N10O3/c1-27-26(38)23-20(11-22(31-32-23)30-25(37)19-7-9-35(3)33-19)29-18-6-4-5-16-17-12-28-36(15-8-10-39-14-15)21(17)13-34(2)24(16)18/h4-7,9,11-12,15H,8,10,13-14H2,1-3H3,(H,27,38)(H2,29,30,31,37). The van der Waals surface area contributed by atoms with Crippen molar-refractivity contribution in [1.29, 1.82) is 0 Å². The fraction of sp³-hybridized carbons (Fsp3) is 0.308. The Balaban J connectivity index is 1.35. The summed E-state index contributed by atoms with van der Waals surface area (Å²) in [6.07, 6.45) is 4.54. The van der Waals surface area contributed by atoms with Crippen molar-refractivity contribution >= 4 is 34.7 Å². The maximum Gasteiger partial charge on any atom is 0.277 e. The van der Waals surface area contributed by atoms with Gasteiger partial charge >= 0.3 is 0 Å². The number of rotatable bonds is 6. The van der Waals surface area contributed by atoms with E-state index in [1.54, 1.807) is 25.4 Å². The van der Waals surface area contributed by atoms with E-state index in [0.717, 1.165) is 41.2 Å². The molecule has 13 nitrogen and oxygen atoms in total. The van der Waals surface area contributed by atoms with Crippen LogP contribution < -0.4 is 20.9 Å². The summed E-state index contributed by atoms with van der Waals surface area (Å²) in [6, 6.07) is 9.39. The summed E-state index contributed by atoms with van der Waals surface area (Å²) >= 11 is 0. The number of carbonyl (C=O) groups is 2. The van der Waals surface area contributed by atoms with Gasteiger partial charge in [-0.15, -0.1) is 10.2 Å². The summed E-state index contributed by atoms with van der Waals surface area (Å²) in [6.45, 7) is 2.08. The third-order valence-electron chi connectivity index (χ3n) is 6.94. The molecule has 0 saturated carbocycles. The number of nitrogens with zero attached hydrogens (tertiary/aromatic N) is 7. The molecule has 4 aromatic rings. The maximum atomic E-state index is 12.6. The number of ether oxygens (including phenoxy) is 1. The molecule has 0 aliphatic carbocycles. The highest BCUT2D eigenvalue weighted by molar-refractivity contribution is 6.04. The van der Waals surface area contributed by atoms with Crippen molar-refractivity contribution in [2.24, 2.45) is 7.05 Å². The van der Waals surface area contributed by atoms with E-state index < -0.39 is 11.8 Å². The van der Waals surface area contributed by atoms with Gasteiger partial charge in [0, 0.05) is 51.1 Å². The average molecular weight is 529 g/mol. The molecule has 2 amide bonds. The number of carbonyl (C=O) groups excluding carboxylic acids is 2. The van der Waals surface area contributed by atoms with Gasteiger partial charge in [0.25, 0.3) is 11.8 Å². The van der Waals surface area contributed by atoms with Crippen LogP contribution in [0.25, 0.3) is 11.1 Å². The number of anilines is 4. The van der Waals surface area contributed by atoms with Crippen LogP contribution in [0.4, 0.5) is 22.9 Å². The second-order valence-corrected chi connectivity index (χ2v) is 9.55. The molecule has 3 aromatic heterocycles. The van der Waals surface area contributed by atoms with Crippen LogP contribution in [0.2, 0.25) is 0 Å². The van der Waals surface area contributed by atoms with E-state index in [1.165, 1.54) is 11.7 Å². The Bertz CT molecular complexity index is 1570. The molecular weight excluding hydrogens is 500 g/mol. The fourth-order valence-electron chi connectivity index (χ4n) is 5.07. The first kappa shape index (κ1) is 24.6. The molecule has 3 N–H and O–H groups in total. The largest absolute Gasteiger partial charge is 0.379 e. The number of benzene rings is 1. The minimum atomic E-state index is -0.433. The van der Waals surface area contributed by atoms with Crippen molar-refractivity contribution in [1.82, 2.24) is 35.1 Å². The van der Waals surface area contributed by atoms with Gasteiger partial charge in [0.2, 0.25) is 0 Å². The van der Waals surface area contributed by atoms with Crippen molar-refractivity contribution < 1.29 is 14.3 Å². The summed E-state index contributed by atoms with van der Waals surface area (Å²) in [5.74, 6) is -0.660. The lowest BCUT2D eigenvalue weighted by Crippen LogP contribution is -2.26. The van der Waals surface area contributed by atoms with Crippen molar-refractivity contribution in [3.8, 4) is 11.1 Å². The molecule has 0 radical (unpaired) electrons. The molecule has 1 fully saturated rings. The van der Waals surface area contributed by atoms with E-state index in [4.69, 9.17) is 9.84 Å². The van der Waals surface area contributed by atoms with Crippen molar-refractivity contribution in [3.63, 3.8) is 0 Å². The van der Waals surface area contributed by atoms with Gasteiger partial charge in [0.1, 0.15) is 0 Å². The number of para-hydroxylation sites is 1. The number of aryl methyl sites for hydroxylation is 1. The Morgan fingerprint density at radius 2 is 1.95 bits per heavy atom. The van der Waals surface area contributed by atoms with Crippen molar-refractivity contribution in [2.45, 2.75) is 19.0 Å². The number of fused-ring (bicyclic) bond motifs is 3. The molecule has 6 rings (SSSR count). The number of aromatic nitrogens is 6. The Hall–Kier alpha value is -4.78. The third-order valence-corrected chi connectivity index (χ3v) is 6.94. The van der Waals surface area contributed by atoms with Gasteiger partial charge in [0.05, 0.1) is 48.1 Å². The van der Waals surface area contributed by atoms with Crippen LogP contribution >= 0.6 is 0 Å². The zero-order valence-corrected chi connectivity index (χ0v) is 21.8. The zero-order chi connectivity index (χ0) is 27.1. The van der Waals surface area contributed by atoms with Gasteiger partial charge in [0.15, 0.2) is 17.2 Å². The Labute approximate surface area is 224 Å². The monoisotopic (exact) mass is 528 g/mol. The lowest BCUT2D eigenvalue weighted by molar-refractivity contribution is 0.0957. The van der Waals surface area contributed by atoms with Gasteiger partial charge in [-0.3, -0.25) is 19.0 Å². The lowest BCUT2D eigenvalue weighted by Gasteiger charge is -2.31. The van der Waals surface area contributed by atoms with Gasteiger partial charge in [-0.25, -0.2) is 0 Å². The summed E-state index contributed by atoms with van der Waals surface area (Å²) in [5, 5.41) is 25.7. The molecule has 1 unspecified atom stereocenters. The fourth-order valence-corrected chi connectivity index (χ4v) is 5.07. The molecule has 1 atom stereocenters. The summed E-state index contributed by atoms with van der Waals surface area (Å²) in [4.78, 5) is 27.4. The first-order valence-electron chi connectivity index (χ1n) is 12.6. The number of nitrogens with one attached hydrogen (secondary N) is 3. The third kappa shape index (κ3) is 4.46. The van der Waals surface area contributed by atoms with Crippen LogP contribution in [-0.4, -0.2) is 68.9 Å². The number of hydrogen-bond donors (Lipinski definition) is 3. The topological polar surface area (TPSA) is 144 Å². The molecule has 5 heterocycles. The number of hydrogen-bond acceptors (Lipinski definition) is 9. The second-order valence-electron chi connectivity index (χ2n) is 9.55. The van der Waals surface area contributed by atoms with Crippen molar-refractivity contribution in [2.75, 3.05) is 42.8 Å². The summed E-state index contributed by atoms with van der Waals surface area (Å²) in [5.41, 5.74) is 5.72. The molecule has 1 saturated heterocycles. The van der Waals surface area contributed by atoms with E-state index in [-0.39, 0.29) is 23.2 Å². The molecule has 2 aliphatic heterocycles. The molecule has 200 valence electrons. The molecule has 0 spiro atoms. The summed E-state index contributed by atoms with van der Waals surface area (Å²) < 4.78 is 9.22. The Kier molecular flexibility index (Phi) is 6.19. The smallest absolute Gasteiger partial charge is 0.277 e. The van der Waals surface area contributed by atoms with E-state index in [9.17, 15) is 9.59 Å². The normalized spacial score (nSPS) is 16.0. The molecule has 39 heavy (non-hydrogen) atoms. The number of amides is 2. The van der Waals surface area contributed by atoms with Crippen LogP contribution in [0.15, 0.2) is 42.7 Å². The Morgan fingerprint density at radius 1 is 1.08 bits per heavy atom. The summed E-state index contributed by atoms with van der Waals surface area (Å²) in [7, 11) is 5.28. The van der Waals surface area contributed by atoms with Crippen LogP contribution in [0, 0.1) is 0 Å². The van der Waals surface area contributed by atoms with Gasteiger partial charge < -0.3 is 25.6 Å². The van der Waals surface area contributed by atoms with Gasteiger partial charge in [-0.1, -0.05) is 12.1 Å². The predicted octanol–water partition coefficient (Wildman–Crippen LogP) is 2.34. The van der Waals surface area contributed by atoms with Crippen LogP contribution in [0.3, 0.4) is 0 Å². The minimum absolute atomic E-state index is 0.0964. The molecule has 0 bridgehead atoms. The highest BCUT2D eigenvalue weighted by atomic mass is 16.5. The SMILES string of the molecule is CNC(=O)c1nnc(NC(=O)c2ccn(C)n2)cc1Nc1cccc2c1N(C)Cc1c-2cnn1C1CCOC1. The Morgan fingerprint density at radius 3 is 2.69 bits per heavy atom. The average Bonchev–Trinajstić information content (AvgIpc) is 3.70. The van der Waals surface area contributed by atoms with E-state index in [0.29, 0.717) is 18.8 Å². The first-order valence-corrected chi connectivity index (χ1v) is 12.6. The van der Waals surface area contributed by atoms with E-state index >= 15 is 0 Å². The molecule has 13 heteroatoms. The van der Waals surface area contributed by atoms with Gasteiger partial charge in [-0.05, 0) is 18.6 Å². The quantitative estimate of drug-likeness (QED) is 0.343. The second kappa shape index (κ2) is 9.83. The van der Waals surface area contributed by atoms with Crippen LogP contribution in [0.1, 0.15) is 39.1 Å². The van der Waals surface area contributed by atoms with E-state index in [1.807, 2.05) is 25.4 Å². The molecule has 1 aromatic carbocycles. The minimum Gasteiger partial charge on any atom is -0.379 e. The molecular formula is C26H28N10O3. The van der Waals surface area contributed by atoms with E-state index in [2.05, 4.69) is 46.9 Å².